The highest BCUT2D eigenvalue weighted by atomic mass is 35.5. The molecule has 0 spiro atoms. The summed E-state index contributed by atoms with van der Waals surface area (Å²) in [5.41, 5.74) is 1.13. The highest BCUT2D eigenvalue weighted by Gasteiger charge is 2.15. The minimum atomic E-state index is 0.245. The fraction of sp³-hybridized carbons (Fsp3) is 0.538. The number of benzene rings is 1. The van der Waals surface area contributed by atoms with Gasteiger partial charge in [0.2, 0.25) is 0 Å². The zero-order chi connectivity index (χ0) is 12.8. The Morgan fingerprint density at radius 1 is 1.28 bits per heavy atom. The van der Waals surface area contributed by atoms with E-state index >= 15 is 0 Å². The third-order valence-corrected chi connectivity index (χ3v) is 3.97. The maximum absolute atomic E-state index is 8.73. The Labute approximate surface area is 116 Å². The van der Waals surface area contributed by atoms with Crippen LogP contribution in [0.15, 0.2) is 12.1 Å². The van der Waals surface area contributed by atoms with Crippen molar-refractivity contribution in [3.8, 4) is 11.5 Å². The van der Waals surface area contributed by atoms with Crippen LogP contribution in [-0.2, 0) is 5.75 Å². The summed E-state index contributed by atoms with van der Waals surface area (Å²) in [6.45, 7) is 1.57. The lowest BCUT2D eigenvalue weighted by Gasteiger charge is -2.11. The normalized spacial score (nSPS) is 14.3. The summed E-state index contributed by atoms with van der Waals surface area (Å²) in [6.07, 6.45) is 1.70. The van der Waals surface area contributed by atoms with Gasteiger partial charge in [-0.25, -0.2) is 0 Å². The van der Waals surface area contributed by atoms with Crippen molar-refractivity contribution in [2.24, 2.45) is 0 Å². The van der Waals surface area contributed by atoms with E-state index in [1.54, 1.807) is 11.8 Å². The van der Waals surface area contributed by atoms with E-state index in [1.807, 2.05) is 12.1 Å². The molecule has 0 aliphatic carbocycles. The molecule has 3 nitrogen and oxygen atoms in total. The molecule has 0 bridgehead atoms. The van der Waals surface area contributed by atoms with Crippen LogP contribution in [0, 0.1) is 0 Å². The number of rotatable bonds is 5. The number of aliphatic hydroxyl groups is 1. The lowest BCUT2D eigenvalue weighted by atomic mass is 10.2. The van der Waals surface area contributed by atoms with Gasteiger partial charge < -0.3 is 14.6 Å². The van der Waals surface area contributed by atoms with E-state index in [2.05, 4.69) is 0 Å². The van der Waals surface area contributed by atoms with Gasteiger partial charge in [0.25, 0.3) is 0 Å². The first-order valence-electron chi connectivity index (χ1n) is 6.08. The van der Waals surface area contributed by atoms with Gasteiger partial charge in [0.05, 0.1) is 18.2 Å². The predicted molar refractivity (Wildman–Crippen MR) is 74.9 cm³/mol. The minimum Gasteiger partial charge on any atom is -0.489 e. The maximum Gasteiger partial charge on any atom is 0.179 e. The second-order valence-corrected chi connectivity index (χ2v) is 5.60. The van der Waals surface area contributed by atoms with E-state index in [4.69, 9.17) is 26.2 Å². The number of hydrogen-bond donors (Lipinski definition) is 1. The van der Waals surface area contributed by atoms with Gasteiger partial charge in [-0.1, -0.05) is 11.6 Å². The standard InChI is InChI=1S/C13H17ClO3S/c14-11-7-10(9-18-6-1-3-15)8-12-13(11)17-5-2-4-16-12/h7-8,15H,1-6,9H2. The number of thioether (sulfide) groups is 1. The Morgan fingerprint density at radius 2 is 2.11 bits per heavy atom. The Balaban J connectivity index is 2.04. The van der Waals surface area contributed by atoms with Crippen LogP contribution in [0.2, 0.25) is 5.02 Å². The van der Waals surface area contributed by atoms with Crippen LogP contribution in [0.4, 0.5) is 0 Å². The molecule has 1 aromatic carbocycles. The van der Waals surface area contributed by atoms with E-state index in [1.165, 1.54) is 0 Å². The van der Waals surface area contributed by atoms with Crippen LogP contribution in [0.3, 0.4) is 0 Å². The van der Waals surface area contributed by atoms with Gasteiger partial charge in [0.15, 0.2) is 11.5 Å². The zero-order valence-electron chi connectivity index (χ0n) is 10.2. The molecule has 100 valence electrons. The molecule has 1 aromatic rings. The number of aliphatic hydroxyl groups excluding tert-OH is 1. The molecule has 0 radical (unpaired) electrons. The molecule has 0 saturated carbocycles. The summed E-state index contributed by atoms with van der Waals surface area (Å²) in [5, 5.41) is 9.34. The molecule has 18 heavy (non-hydrogen) atoms. The molecule has 5 heteroatoms. The van der Waals surface area contributed by atoms with Crippen molar-refractivity contribution in [3.05, 3.63) is 22.7 Å². The van der Waals surface area contributed by atoms with Crippen molar-refractivity contribution in [3.63, 3.8) is 0 Å². The smallest absolute Gasteiger partial charge is 0.179 e. The van der Waals surface area contributed by atoms with Crippen molar-refractivity contribution in [2.75, 3.05) is 25.6 Å². The van der Waals surface area contributed by atoms with Crippen LogP contribution in [0.5, 0.6) is 11.5 Å². The van der Waals surface area contributed by atoms with Crippen LogP contribution < -0.4 is 9.47 Å². The van der Waals surface area contributed by atoms with Gasteiger partial charge in [-0.3, -0.25) is 0 Å². The summed E-state index contributed by atoms with van der Waals surface area (Å²) >= 11 is 7.99. The van der Waals surface area contributed by atoms with E-state index in [0.29, 0.717) is 24.0 Å². The summed E-state index contributed by atoms with van der Waals surface area (Å²) < 4.78 is 11.2. The minimum absolute atomic E-state index is 0.245. The average molecular weight is 289 g/mol. The van der Waals surface area contributed by atoms with Gasteiger partial charge in [-0.05, 0) is 29.9 Å². The highest BCUT2D eigenvalue weighted by molar-refractivity contribution is 7.98. The fourth-order valence-electron chi connectivity index (χ4n) is 1.72. The molecule has 1 aliphatic rings. The van der Waals surface area contributed by atoms with Gasteiger partial charge in [-0.15, -0.1) is 0 Å². The van der Waals surface area contributed by atoms with E-state index in [-0.39, 0.29) is 6.61 Å². The summed E-state index contributed by atoms with van der Waals surface area (Å²) in [4.78, 5) is 0. The highest BCUT2D eigenvalue weighted by Crippen LogP contribution is 2.38. The number of halogens is 1. The molecule has 0 amide bonds. The molecule has 0 saturated heterocycles. The van der Waals surface area contributed by atoms with Gasteiger partial charge in [0, 0.05) is 18.8 Å². The second-order valence-electron chi connectivity index (χ2n) is 4.09. The number of ether oxygens (including phenoxy) is 2. The molecular formula is C13H17ClO3S. The lowest BCUT2D eigenvalue weighted by molar-refractivity contribution is 0.296. The van der Waals surface area contributed by atoms with Crippen LogP contribution in [-0.4, -0.2) is 30.7 Å². The predicted octanol–water partition coefficient (Wildman–Crippen LogP) is 3.12. The summed E-state index contributed by atoms with van der Waals surface area (Å²) in [6, 6.07) is 3.93. The van der Waals surface area contributed by atoms with Crippen molar-refractivity contribution in [2.45, 2.75) is 18.6 Å². The quantitative estimate of drug-likeness (QED) is 0.845. The third-order valence-electron chi connectivity index (χ3n) is 2.58. The van der Waals surface area contributed by atoms with E-state index in [0.717, 1.165) is 35.7 Å². The van der Waals surface area contributed by atoms with Gasteiger partial charge >= 0.3 is 0 Å². The SMILES string of the molecule is OCCCSCc1cc(Cl)c2c(c1)OCCCO2. The first kappa shape index (κ1) is 13.8. The molecule has 0 fully saturated rings. The monoisotopic (exact) mass is 288 g/mol. The molecule has 1 heterocycles. The molecule has 0 unspecified atom stereocenters. The number of hydrogen-bond acceptors (Lipinski definition) is 4. The lowest BCUT2D eigenvalue weighted by Crippen LogP contribution is -1.97. The van der Waals surface area contributed by atoms with Gasteiger partial charge in [0.1, 0.15) is 0 Å². The molecule has 0 atom stereocenters. The Bertz CT molecular complexity index is 398. The van der Waals surface area contributed by atoms with Crippen molar-refractivity contribution in [1.29, 1.82) is 0 Å². The fourth-order valence-corrected chi connectivity index (χ4v) is 2.89. The first-order valence-corrected chi connectivity index (χ1v) is 7.61. The van der Waals surface area contributed by atoms with Crippen molar-refractivity contribution >= 4 is 23.4 Å². The first-order chi connectivity index (χ1) is 8.81. The Kier molecular flexibility index (Phi) is 5.47. The van der Waals surface area contributed by atoms with Crippen molar-refractivity contribution in [1.82, 2.24) is 0 Å². The Morgan fingerprint density at radius 3 is 2.94 bits per heavy atom. The maximum atomic E-state index is 8.73. The molecule has 0 aromatic heterocycles. The van der Waals surface area contributed by atoms with Crippen LogP contribution in [0.1, 0.15) is 18.4 Å². The molecule has 1 aliphatic heterocycles. The largest absolute Gasteiger partial charge is 0.489 e. The van der Waals surface area contributed by atoms with Gasteiger partial charge in [-0.2, -0.15) is 11.8 Å². The topological polar surface area (TPSA) is 38.7 Å². The van der Waals surface area contributed by atoms with E-state index in [9.17, 15) is 0 Å². The number of fused-ring (bicyclic) bond motifs is 1. The van der Waals surface area contributed by atoms with E-state index < -0.39 is 0 Å². The average Bonchev–Trinajstić information content (AvgIpc) is 2.60. The zero-order valence-corrected chi connectivity index (χ0v) is 11.7. The van der Waals surface area contributed by atoms with Crippen LogP contribution >= 0.6 is 23.4 Å². The summed E-state index contributed by atoms with van der Waals surface area (Å²) in [7, 11) is 0. The summed E-state index contributed by atoms with van der Waals surface area (Å²) in [5.74, 6) is 3.23. The third kappa shape index (κ3) is 3.70. The molecule has 1 N–H and O–H groups in total. The molecule has 2 rings (SSSR count). The molecular weight excluding hydrogens is 272 g/mol. The van der Waals surface area contributed by atoms with Crippen LogP contribution in [0.25, 0.3) is 0 Å². The Hall–Kier alpha value is -0.580. The van der Waals surface area contributed by atoms with Crippen molar-refractivity contribution < 1.29 is 14.6 Å². The second kappa shape index (κ2) is 7.12.